The van der Waals surface area contributed by atoms with Crippen molar-refractivity contribution >= 4 is 15.7 Å². The largest absolute Gasteiger partial charge is 0.352 e. The topological polar surface area (TPSA) is 66.5 Å². The molecule has 0 fully saturated rings. The first-order chi connectivity index (χ1) is 12.3. The van der Waals surface area contributed by atoms with E-state index in [0.717, 1.165) is 24.2 Å². The summed E-state index contributed by atoms with van der Waals surface area (Å²) in [5, 5.41) is 2.72. The van der Waals surface area contributed by atoms with E-state index in [1.54, 1.807) is 0 Å². The monoisotopic (exact) mass is 378 g/mol. The van der Waals surface area contributed by atoms with E-state index >= 15 is 0 Å². The molecule has 0 bridgehead atoms. The highest BCUT2D eigenvalue weighted by Crippen LogP contribution is 2.13. The molecule has 0 spiro atoms. The van der Waals surface area contributed by atoms with Gasteiger partial charge in [0.05, 0.1) is 10.6 Å². The van der Waals surface area contributed by atoms with Crippen molar-refractivity contribution < 1.29 is 17.6 Å². The van der Waals surface area contributed by atoms with Crippen molar-refractivity contribution in [3.63, 3.8) is 0 Å². The van der Waals surface area contributed by atoms with Gasteiger partial charge in [-0.25, -0.2) is 12.8 Å². The maximum absolute atomic E-state index is 12.9. The van der Waals surface area contributed by atoms with Gasteiger partial charge in [-0.15, -0.1) is 0 Å². The fourth-order valence-corrected chi connectivity index (χ4v) is 3.64. The van der Waals surface area contributed by atoms with Crippen molar-refractivity contribution in [3.8, 4) is 0 Å². The molecule has 7 heteroatoms. The molecule has 2 rings (SSSR count). The molecule has 1 amide bonds. The summed E-state index contributed by atoms with van der Waals surface area (Å²) < 4.78 is 37.2. The normalized spacial score (nSPS) is 11.5. The van der Waals surface area contributed by atoms with Crippen LogP contribution in [0, 0.1) is 5.82 Å². The zero-order valence-corrected chi connectivity index (χ0v) is 15.7. The number of hydrogen-bond donors (Lipinski definition) is 1. The van der Waals surface area contributed by atoms with Crippen molar-refractivity contribution in [2.24, 2.45) is 0 Å². The zero-order valence-electron chi connectivity index (χ0n) is 14.9. The van der Waals surface area contributed by atoms with Gasteiger partial charge < -0.3 is 10.2 Å². The van der Waals surface area contributed by atoms with Gasteiger partial charge in [0.1, 0.15) is 5.82 Å². The summed E-state index contributed by atoms with van der Waals surface area (Å²) in [7, 11) is 0.384. The number of sulfone groups is 1. The van der Waals surface area contributed by atoms with Crippen LogP contribution in [0.1, 0.15) is 17.5 Å². The predicted octanol–water partition coefficient (Wildman–Crippen LogP) is 2.37. The Morgan fingerprint density at radius 2 is 1.58 bits per heavy atom. The molecule has 0 unspecified atom stereocenters. The summed E-state index contributed by atoms with van der Waals surface area (Å²) in [6.07, 6.45) is -0.140. The minimum absolute atomic E-state index is 0.0168. The fraction of sp³-hybridized carbons (Fsp3) is 0.316. The molecule has 0 aromatic heterocycles. The standard InChI is InChI=1S/C19H23FN2O3S/c1-22(2)14-16-5-3-15(4-6-16)13-21-19(23)11-12-26(24,25)18-9-7-17(20)8-10-18/h3-10H,11-14H2,1-2H3,(H,21,23). The fourth-order valence-electron chi connectivity index (χ4n) is 2.40. The van der Waals surface area contributed by atoms with Crippen molar-refractivity contribution in [3.05, 3.63) is 65.5 Å². The van der Waals surface area contributed by atoms with Crippen LogP contribution in [-0.2, 0) is 27.7 Å². The van der Waals surface area contributed by atoms with Gasteiger partial charge in [-0.3, -0.25) is 4.79 Å². The van der Waals surface area contributed by atoms with Crippen LogP contribution < -0.4 is 5.32 Å². The van der Waals surface area contributed by atoms with Gasteiger partial charge >= 0.3 is 0 Å². The van der Waals surface area contributed by atoms with E-state index in [1.165, 1.54) is 17.7 Å². The van der Waals surface area contributed by atoms with Crippen molar-refractivity contribution in [2.45, 2.75) is 24.4 Å². The highest BCUT2D eigenvalue weighted by atomic mass is 32.2. The lowest BCUT2D eigenvalue weighted by Crippen LogP contribution is -2.25. The molecule has 5 nitrogen and oxygen atoms in total. The van der Waals surface area contributed by atoms with Crippen LogP contribution in [0.25, 0.3) is 0 Å². The molecule has 0 saturated carbocycles. The van der Waals surface area contributed by atoms with E-state index in [2.05, 4.69) is 10.2 Å². The minimum atomic E-state index is -3.60. The average molecular weight is 378 g/mol. The van der Waals surface area contributed by atoms with Gasteiger partial charge in [0.25, 0.3) is 0 Å². The Kier molecular flexibility index (Phi) is 6.88. The SMILES string of the molecule is CN(C)Cc1ccc(CNC(=O)CCS(=O)(=O)c2ccc(F)cc2)cc1. The Balaban J connectivity index is 1.82. The van der Waals surface area contributed by atoms with Gasteiger partial charge in [-0.1, -0.05) is 24.3 Å². The number of nitrogens with zero attached hydrogens (tertiary/aromatic N) is 1. The maximum Gasteiger partial charge on any atom is 0.221 e. The van der Waals surface area contributed by atoms with E-state index in [1.807, 2.05) is 38.4 Å². The van der Waals surface area contributed by atoms with Gasteiger partial charge in [0.15, 0.2) is 9.84 Å². The maximum atomic E-state index is 12.9. The zero-order chi connectivity index (χ0) is 19.2. The summed E-state index contributed by atoms with van der Waals surface area (Å²) in [5.41, 5.74) is 2.12. The van der Waals surface area contributed by atoms with Crippen LogP contribution in [0.4, 0.5) is 4.39 Å². The van der Waals surface area contributed by atoms with Crippen LogP contribution >= 0.6 is 0 Å². The Morgan fingerprint density at radius 3 is 2.15 bits per heavy atom. The van der Waals surface area contributed by atoms with E-state index in [0.29, 0.717) is 6.54 Å². The molecule has 0 aliphatic rings. The van der Waals surface area contributed by atoms with E-state index in [4.69, 9.17) is 0 Å². The number of amides is 1. The number of carbonyl (C=O) groups excluding carboxylic acids is 1. The molecule has 140 valence electrons. The molecule has 0 radical (unpaired) electrons. The Bertz CT molecular complexity index is 832. The van der Waals surface area contributed by atoms with Crippen LogP contribution in [-0.4, -0.2) is 39.1 Å². The van der Waals surface area contributed by atoms with Crippen LogP contribution in [0.3, 0.4) is 0 Å². The number of nitrogens with one attached hydrogen (secondary N) is 1. The molecule has 0 heterocycles. The lowest BCUT2D eigenvalue weighted by molar-refractivity contribution is -0.120. The first kappa shape index (κ1) is 20.1. The van der Waals surface area contributed by atoms with Crippen LogP contribution in [0.2, 0.25) is 0 Å². The first-order valence-electron chi connectivity index (χ1n) is 8.24. The summed E-state index contributed by atoms with van der Waals surface area (Å²) in [6.45, 7) is 1.19. The second-order valence-corrected chi connectivity index (χ2v) is 8.46. The average Bonchev–Trinajstić information content (AvgIpc) is 2.59. The molecule has 2 aromatic carbocycles. The number of benzene rings is 2. The molecule has 1 N–H and O–H groups in total. The van der Waals surface area contributed by atoms with Gasteiger partial charge in [0.2, 0.25) is 5.91 Å². The summed E-state index contributed by atoms with van der Waals surface area (Å²) in [6, 6.07) is 12.5. The van der Waals surface area contributed by atoms with E-state index in [-0.39, 0.29) is 23.0 Å². The molecule has 0 aliphatic carbocycles. The number of carbonyl (C=O) groups is 1. The van der Waals surface area contributed by atoms with Gasteiger partial charge in [0, 0.05) is 19.5 Å². The Labute approximate surface area is 153 Å². The van der Waals surface area contributed by atoms with Crippen molar-refractivity contribution in [2.75, 3.05) is 19.8 Å². The lowest BCUT2D eigenvalue weighted by Gasteiger charge is -2.10. The minimum Gasteiger partial charge on any atom is -0.352 e. The number of halogens is 1. The lowest BCUT2D eigenvalue weighted by atomic mass is 10.1. The quantitative estimate of drug-likeness (QED) is 0.716. The van der Waals surface area contributed by atoms with E-state index in [9.17, 15) is 17.6 Å². The first-order valence-corrected chi connectivity index (χ1v) is 9.89. The third-order valence-corrected chi connectivity index (χ3v) is 5.51. The van der Waals surface area contributed by atoms with Crippen LogP contribution in [0.15, 0.2) is 53.4 Å². The summed E-state index contributed by atoms with van der Waals surface area (Å²) in [4.78, 5) is 14.0. The molecule has 0 atom stereocenters. The molecule has 0 saturated heterocycles. The van der Waals surface area contributed by atoms with Crippen molar-refractivity contribution in [1.82, 2.24) is 10.2 Å². The highest BCUT2D eigenvalue weighted by molar-refractivity contribution is 7.91. The number of rotatable bonds is 8. The smallest absolute Gasteiger partial charge is 0.221 e. The molecular formula is C19H23FN2O3S. The van der Waals surface area contributed by atoms with Gasteiger partial charge in [-0.2, -0.15) is 0 Å². The number of hydrogen-bond acceptors (Lipinski definition) is 4. The summed E-state index contributed by atoms with van der Waals surface area (Å²) in [5.74, 6) is -1.15. The molecular weight excluding hydrogens is 355 g/mol. The van der Waals surface area contributed by atoms with Crippen LogP contribution in [0.5, 0.6) is 0 Å². The molecule has 2 aromatic rings. The third-order valence-electron chi connectivity index (χ3n) is 3.78. The van der Waals surface area contributed by atoms with E-state index < -0.39 is 15.7 Å². The second-order valence-electron chi connectivity index (χ2n) is 6.35. The second kappa shape index (κ2) is 8.91. The van der Waals surface area contributed by atoms with Gasteiger partial charge in [-0.05, 0) is 49.5 Å². The highest BCUT2D eigenvalue weighted by Gasteiger charge is 2.16. The Morgan fingerprint density at radius 1 is 1.00 bits per heavy atom. The third kappa shape index (κ3) is 6.24. The molecule has 0 aliphatic heterocycles. The molecule has 26 heavy (non-hydrogen) atoms. The predicted molar refractivity (Wildman–Crippen MR) is 98.7 cm³/mol. The Hall–Kier alpha value is -2.25. The van der Waals surface area contributed by atoms with Crippen molar-refractivity contribution in [1.29, 1.82) is 0 Å². The summed E-state index contributed by atoms with van der Waals surface area (Å²) >= 11 is 0.